The molecule has 0 spiro atoms. The number of anilines is 2. The molecule has 146 valence electrons. The Labute approximate surface area is 168 Å². The normalized spacial score (nSPS) is 10.7. The Morgan fingerprint density at radius 1 is 0.778 bits per heavy atom. The van der Waals surface area contributed by atoms with Crippen molar-refractivity contribution < 1.29 is 9.47 Å². The number of rotatable bonds is 9. The third-order valence-corrected chi connectivity index (χ3v) is 3.98. The van der Waals surface area contributed by atoms with Gasteiger partial charge in [0, 0.05) is 11.4 Å². The Bertz CT molecular complexity index is 697. The standard InChI is InChI=1S/C22H30N2O2S/c1-16(2)13-14-25-20-9-5-18(6-10-20)23-22(27)24-19-7-11-21(12-8-19)26-15-17(3)4/h5-12,16-17H,13-15H2,1-4H3,(H2,23,24,27). The van der Waals surface area contributed by atoms with Crippen LogP contribution in [0.15, 0.2) is 48.5 Å². The zero-order valence-electron chi connectivity index (χ0n) is 16.6. The minimum atomic E-state index is 0.506. The fraction of sp³-hybridized carbons (Fsp3) is 0.409. The highest BCUT2D eigenvalue weighted by atomic mass is 32.1. The molecule has 0 aromatic heterocycles. The summed E-state index contributed by atoms with van der Waals surface area (Å²) in [6.07, 6.45) is 1.05. The van der Waals surface area contributed by atoms with Crippen molar-refractivity contribution in [3.63, 3.8) is 0 Å². The lowest BCUT2D eigenvalue weighted by atomic mass is 10.1. The van der Waals surface area contributed by atoms with Crippen LogP contribution in [0.3, 0.4) is 0 Å². The van der Waals surface area contributed by atoms with Gasteiger partial charge in [0.15, 0.2) is 5.11 Å². The SMILES string of the molecule is CC(C)CCOc1ccc(NC(=S)Nc2ccc(OCC(C)C)cc2)cc1. The number of ether oxygens (including phenoxy) is 2. The van der Waals surface area contributed by atoms with E-state index < -0.39 is 0 Å². The maximum absolute atomic E-state index is 5.73. The van der Waals surface area contributed by atoms with Gasteiger partial charge in [0.2, 0.25) is 0 Å². The maximum atomic E-state index is 5.73. The van der Waals surface area contributed by atoms with Gasteiger partial charge < -0.3 is 20.1 Å². The van der Waals surface area contributed by atoms with Gasteiger partial charge in [-0.3, -0.25) is 0 Å². The fourth-order valence-electron chi connectivity index (χ4n) is 2.24. The Kier molecular flexibility index (Phi) is 8.40. The van der Waals surface area contributed by atoms with E-state index in [-0.39, 0.29) is 0 Å². The Morgan fingerprint density at radius 3 is 1.70 bits per heavy atom. The van der Waals surface area contributed by atoms with Gasteiger partial charge in [0.05, 0.1) is 13.2 Å². The molecule has 0 amide bonds. The molecule has 2 N–H and O–H groups in total. The van der Waals surface area contributed by atoms with Crippen LogP contribution in [-0.4, -0.2) is 18.3 Å². The van der Waals surface area contributed by atoms with Crippen LogP contribution in [0, 0.1) is 11.8 Å². The topological polar surface area (TPSA) is 42.5 Å². The fourth-order valence-corrected chi connectivity index (χ4v) is 2.47. The van der Waals surface area contributed by atoms with E-state index in [1.165, 1.54) is 0 Å². The van der Waals surface area contributed by atoms with E-state index in [1.807, 2.05) is 48.5 Å². The lowest BCUT2D eigenvalue weighted by Crippen LogP contribution is -2.18. The highest BCUT2D eigenvalue weighted by Gasteiger charge is 2.02. The molecule has 0 heterocycles. The van der Waals surface area contributed by atoms with Gasteiger partial charge >= 0.3 is 0 Å². The lowest BCUT2D eigenvalue weighted by molar-refractivity contribution is 0.271. The average Bonchev–Trinajstić information content (AvgIpc) is 2.62. The second-order valence-electron chi connectivity index (χ2n) is 7.36. The molecule has 4 nitrogen and oxygen atoms in total. The van der Waals surface area contributed by atoms with Crippen LogP contribution in [0.1, 0.15) is 34.1 Å². The van der Waals surface area contributed by atoms with Crippen molar-refractivity contribution in [1.29, 1.82) is 0 Å². The molecule has 0 fully saturated rings. The molecule has 2 aromatic rings. The lowest BCUT2D eigenvalue weighted by Gasteiger charge is -2.13. The smallest absolute Gasteiger partial charge is 0.175 e. The number of hydrogen-bond donors (Lipinski definition) is 2. The van der Waals surface area contributed by atoms with Crippen molar-refractivity contribution in [1.82, 2.24) is 0 Å². The van der Waals surface area contributed by atoms with Crippen LogP contribution in [0.5, 0.6) is 11.5 Å². The van der Waals surface area contributed by atoms with Gasteiger partial charge in [-0.25, -0.2) is 0 Å². The summed E-state index contributed by atoms with van der Waals surface area (Å²) >= 11 is 5.38. The summed E-state index contributed by atoms with van der Waals surface area (Å²) < 4.78 is 11.4. The van der Waals surface area contributed by atoms with Gasteiger partial charge in [-0.15, -0.1) is 0 Å². The maximum Gasteiger partial charge on any atom is 0.175 e. The van der Waals surface area contributed by atoms with E-state index in [0.29, 0.717) is 23.6 Å². The number of nitrogens with one attached hydrogen (secondary N) is 2. The summed E-state index contributed by atoms with van der Waals surface area (Å²) in [5.74, 6) is 2.88. The second kappa shape index (κ2) is 10.8. The zero-order chi connectivity index (χ0) is 19.6. The molecule has 0 saturated carbocycles. The monoisotopic (exact) mass is 386 g/mol. The van der Waals surface area contributed by atoms with Gasteiger partial charge in [0.1, 0.15) is 11.5 Å². The summed E-state index contributed by atoms with van der Waals surface area (Å²) in [5, 5.41) is 6.90. The predicted octanol–water partition coefficient (Wildman–Crippen LogP) is 5.96. The minimum Gasteiger partial charge on any atom is -0.494 e. The Balaban J connectivity index is 1.79. The first-order valence-electron chi connectivity index (χ1n) is 9.46. The van der Waals surface area contributed by atoms with E-state index >= 15 is 0 Å². The summed E-state index contributed by atoms with van der Waals surface area (Å²) in [5.41, 5.74) is 1.83. The van der Waals surface area contributed by atoms with Crippen molar-refractivity contribution in [2.45, 2.75) is 34.1 Å². The van der Waals surface area contributed by atoms with Crippen molar-refractivity contribution in [2.75, 3.05) is 23.8 Å². The predicted molar refractivity (Wildman–Crippen MR) is 118 cm³/mol. The molecule has 0 aliphatic carbocycles. The molecule has 0 aliphatic heterocycles. The molecular formula is C22H30N2O2S. The van der Waals surface area contributed by atoms with E-state index in [2.05, 4.69) is 38.3 Å². The molecule has 27 heavy (non-hydrogen) atoms. The highest BCUT2D eigenvalue weighted by Crippen LogP contribution is 2.19. The molecular weight excluding hydrogens is 356 g/mol. The first kappa shape index (κ1) is 21.0. The highest BCUT2D eigenvalue weighted by molar-refractivity contribution is 7.80. The van der Waals surface area contributed by atoms with Crippen molar-refractivity contribution in [3.05, 3.63) is 48.5 Å². The third-order valence-electron chi connectivity index (χ3n) is 3.77. The second-order valence-corrected chi connectivity index (χ2v) is 7.77. The molecule has 0 radical (unpaired) electrons. The van der Waals surface area contributed by atoms with Crippen LogP contribution < -0.4 is 20.1 Å². The largest absolute Gasteiger partial charge is 0.494 e. The van der Waals surface area contributed by atoms with Crippen LogP contribution in [0.2, 0.25) is 0 Å². The zero-order valence-corrected chi connectivity index (χ0v) is 17.4. The average molecular weight is 387 g/mol. The molecule has 2 aromatic carbocycles. The van der Waals surface area contributed by atoms with Crippen LogP contribution >= 0.6 is 12.2 Å². The third kappa shape index (κ3) is 8.31. The quantitative estimate of drug-likeness (QED) is 0.521. The van der Waals surface area contributed by atoms with Gasteiger partial charge in [-0.2, -0.15) is 0 Å². The van der Waals surface area contributed by atoms with E-state index in [1.54, 1.807) is 0 Å². The van der Waals surface area contributed by atoms with Crippen LogP contribution in [0.4, 0.5) is 11.4 Å². The van der Waals surface area contributed by atoms with Gasteiger partial charge in [-0.05, 0) is 79.0 Å². The van der Waals surface area contributed by atoms with Crippen LogP contribution in [0.25, 0.3) is 0 Å². The van der Waals surface area contributed by atoms with Crippen LogP contribution in [-0.2, 0) is 0 Å². The van der Waals surface area contributed by atoms with Gasteiger partial charge in [0.25, 0.3) is 0 Å². The van der Waals surface area contributed by atoms with Gasteiger partial charge in [-0.1, -0.05) is 27.7 Å². The molecule has 5 heteroatoms. The van der Waals surface area contributed by atoms with Crippen molar-refractivity contribution in [3.8, 4) is 11.5 Å². The summed E-state index contributed by atoms with van der Waals surface area (Å²) in [4.78, 5) is 0. The Morgan fingerprint density at radius 2 is 1.26 bits per heavy atom. The molecule has 0 unspecified atom stereocenters. The number of benzene rings is 2. The number of hydrogen-bond acceptors (Lipinski definition) is 3. The molecule has 0 bridgehead atoms. The molecule has 2 rings (SSSR count). The molecule has 0 atom stereocenters. The first-order valence-corrected chi connectivity index (χ1v) is 9.87. The van der Waals surface area contributed by atoms with Crippen molar-refractivity contribution >= 4 is 28.7 Å². The van der Waals surface area contributed by atoms with Crippen molar-refractivity contribution in [2.24, 2.45) is 11.8 Å². The van der Waals surface area contributed by atoms with E-state index in [4.69, 9.17) is 21.7 Å². The minimum absolute atomic E-state index is 0.506. The molecule has 0 aliphatic rings. The summed E-state index contributed by atoms with van der Waals surface area (Å²) in [6, 6.07) is 15.6. The Hall–Kier alpha value is -2.27. The van der Waals surface area contributed by atoms with E-state index in [0.717, 1.165) is 35.9 Å². The number of thiocarbonyl (C=S) groups is 1. The molecule has 0 saturated heterocycles. The van der Waals surface area contributed by atoms with E-state index in [9.17, 15) is 0 Å². The summed E-state index contributed by atoms with van der Waals surface area (Å²) in [7, 11) is 0. The summed E-state index contributed by atoms with van der Waals surface area (Å²) in [6.45, 7) is 10.1. The first-order chi connectivity index (χ1) is 12.9.